The molecule has 1 N–H and O–H groups in total. The predicted molar refractivity (Wildman–Crippen MR) is 106 cm³/mol. The minimum absolute atomic E-state index is 0.0162. The molecule has 0 aliphatic heterocycles. The van der Waals surface area contributed by atoms with Crippen LogP contribution >= 0.6 is 0 Å². The molecule has 0 saturated heterocycles. The van der Waals surface area contributed by atoms with Crippen molar-refractivity contribution in [2.45, 2.75) is 31.0 Å². The van der Waals surface area contributed by atoms with Gasteiger partial charge in [0.05, 0.1) is 10.5 Å². The van der Waals surface area contributed by atoms with Gasteiger partial charge >= 0.3 is 6.18 Å². The van der Waals surface area contributed by atoms with Crippen molar-refractivity contribution in [2.75, 3.05) is 12.4 Å². The van der Waals surface area contributed by atoms with Crippen molar-refractivity contribution >= 4 is 27.2 Å². The molecule has 0 radical (unpaired) electrons. The number of rotatable bonds is 6. The standard InChI is InChI=1S/C20H21F3N2O3S/c1-14(2)25(3)29(27,28)17-11-9-16(10-12-17)24-19(26)13-18(20(21,22)23)15-7-5-4-6-8-15/h4-14H,1-3H3,(H,24,26)/b18-13-. The molecule has 0 saturated carbocycles. The van der Waals surface area contributed by atoms with Crippen LogP contribution in [0.2, 0.25) is 0 Å². The molecule has 1 amide bonds. The maximum Gasteiger partial charge on any atom is 0.417 e. The molecule has 0 aromatic heterocycles. The predicted octanol–water partition coefficient (Wildman–Crippen LogP) is 4.30. The van der Waals surface area contributed by atoms with Gasteiger partial charge in [0.25, 0.3) is 0 Å². The summed E-state index contributed by atoms with van der Waals surface area (Å²) >= 11 is 0. The van der Waals surface area contributed by atoms with E-state index in [-0.39, 0.29) is 22.2 Å². The van der Waals surface area contributed by atoms with E-state index >= 15 is 0 Å². The van der Waals surface area contributed by atoms with Crippen molar-refractivity contribution in [1.29, 1.82) is 0 Å². The summed E-state index contributed by atoms with van der Waals surface area (Å²) in [7, 11) is -2.25. The quantitative estimate of drug-likeness (QED) is 0.701. The first-order valence-corrected chi connectivity index (χ1v) is 10.1. The van der Waals surface area contributed by atoms with Gasteiger partial charge in [-0.15, -0.1) is 0 Å². The number of alkyl halides is 3. The van der Waals surface area contributed by atoms with E-state index < -0.39 is 27.7 Å². The zero-order valence-electron chi connectivity index (χ0n) is 16.1. The van der Waals surface area contributed by atoms with Crippen LogP contribution < -0.4 is 5.32 Å². The van der Waals surface area contributed by atoms with Gasteiger partial charge in [-0.2, -0.15) is 17.5 Å². The van der Waals surface area contributed by atoms with Crippen LogP contribution in [0.5, 0.6) is 0 Å². The molecule has 0 fully saturated rings. The normalized spacial score (nSPS) is 13.0. The fourth-order valence-corrected chi connectivity index (χ4v) is 3.78. The lowest BCUT2D eigenvalue weighted by Gasteiger charge is -2.21. The Morgan fingerprint density at radius 3 is 2.07 bits per heavy atom. The molecule has 0 atom stereocenters. The van der Waals surface area contributed by atoms with Crippen LogP contribution in [0, 0.1) is 0 Å². The molecule has 2 rings (SSSR count). The summed E-state index contributed by atoms with van der Waals surface area (Å²) < 4.78 is 66.0. The average Bonchev–Trinajstić information content (AvgIpc) is 2.65. The van der Waals surface area contributed by atoms with E-state index in [9.17, 15) is 26.4 Å². The van der Waals surface area contributed by atoms with E-state index in [1.54, 1.807) is 19.9 Å². The Morgan fingerprint density at radius 1 is 1.03 bits per heavy atom. The van der Waals surface area contributed by atoms with Crippen molar-refractivity contribution < 1.29 is 26.4 Å². The third kappa shape index (κ3) is 5.68. The maximum absolute atomic E-state index is 13.3. The number of allylic oxidation sites excluding steroid dienone is 1. The van der Waals surface area contributed by atoms with E-state index in [1.165, 1.54) is 59.9 Å². The molecule has 2 aromatic rings. The first-order chi connectivity index (χ1) is 13.4. The molecule has 0 bridgehead atoms. The number of amides is 1. The first-order valence-electron chi connectivity index (χ1n) is 8.66. The third-order valence-corrected chi connectivity index (χ3v) is 6.24. The third-order valence-electron chi connectivity index (χ3n) is 4.19. The van der Waals surface area contributed by atoms with Gasteiger partial charge in [0.2, 0.25) is 15.9 Å². The lowest BCUT2D eigenvalue weighted by Crippen LogP contribution is -2.33. The van der Waals surface area contributed by atoms with Gasteiger partial charge in [-0.25, -0.2) is 8.42 Å². The Labute approximate surface area is 167 Å². The van der Waals surface area contributed by atoms with Gasteiger partial charge in [0.15, 0.2) is 0 Å². The summed E-state index contributed by atoms with van der Waals surface area (Å²) in [6.07, 6.45) is -4.23. The van der Waals surface area contributed by atoms with Crippen LogP contribution in [0.25, 0.3) is 5.57 Å². The molecule has 0 spiro atoms. The number of hydrogen-bond acceptors (Lipinski definition) is 3. The molecular weight excluding hydrogens is 405 g/mol. The van der Waals surface area contributed by atoms with Gasteiger partial charge in [0.1, 0.15) is 0 Å². The van der Waals surface area contributed by atoms with Crippen LogP contribution in [0.15, 0.2) is 65.6 Å². The highest BCUT2D eigenvalue weighted by molar-refractivity contribution is 7.89. The SMILES string of the molecule is CC(C)N(C)S(=O)(=O)c1ccc(NC(=O)/C=C(/c2ccccc2)C(F)(F)F)cc1. The fourth-order valence-electron chi connectivity index (χ4n) is 2.41. The van der Waals surface area contributed by atoms with Crippen molar-refractivity contribution in [3.8, 4) is 0 Å². The Bertz CT molecular complexity index is 984. The molecular formula is C20H21F3N2O3S. The topological polar surface area (TPSA) is 66.5 Å². The number of sulfonamides is 1. The zero-order valence-corrected chi connectivity index (χ0v) is 16.9. The molecule has 2 aromatic carbocycles. The number of nitrogens with one attached hydrogen (secondary N) is 1. The molecule has 0 aliphatic rings. The lowest BCUT2D eigenvalue weighted by molar-refractivity contribution is -0.112. The maximum atomic E-state index is 13.3. The van der Waals surface area contributed by atoms with E-state index in [0.29, 0.717) is 6.08 Å². The van der Waals surface area contributed by atoms with E-state index in [2.05, 4.69) is 5.32 Å². The highest BCUT2D eigenvalue weighted by Crippen LogP contribution is 2.33. The summed E-state index contributed by atoms with van der Waals surface area (Å²) in [6, 6.07) is 12.0. The first kappa shape index (κ1) is 22.6. The van der Waals surface area contributed by atoms with Crippen molar-refractivity contribution in [3.05, 3.63) is 66.2 Å². The molecule has 156 valence electrons. The summed E-state index contributed by atoms with van der Waals surface area (Å²) in [6.45, 7) is 3.45. The van der Waals surface area contributed by atoms with E-state index in [1.807, 2.05) is 0 Å². The van der Waals surface area contributed by atoms with Gasteiger partial charge in [0, 0.05) is 24.9 Å². The molecule has 29 heavy (non-hydrogen) atoms. The number of carbonyl (C=O) groups excluding carboxylic acids is 1. The molecule has 9 heteroatoms. The van der Waals surface area contributed by atoms with Gasteiger partial charge in [-0.05, 0) is 43.7 Å². The Hall–Kier alpha value is -2.65. The minimum Gasteiger partial charge on any atom is -0.322 e. The average molecular weight is 426 g/mol. The monoisotopic (exact) mass is 426 g/mol. The van der Waals surface area contributed by atoms with Crippen LogP contribution in [0.3, 0.4) is 0 Å². The number of nitrogens with zero attached hydrogens (tertiary/aromatic N) is 1. The number of anilines is 1. The smallest absolute Gasteiger partial charge is 0.322 e. The van der Waals surface area contributed by atoms with Crippen molar-refractivity contribution in [3.63, 3.8) is 0 Å². The number of halogens is 3. The Kier molecular flexibility index (Phi) is 6.86. The number of carbonyl (C=O) groups is 1. The number of benzene rings is 2. The summed E-state index contributed by atoms with van der Waals surface area (Å²) in [5.41, 5.74) is -1.03. The lowest BCUT2D eigenvalue weighted by atomic mass is 10.1. The molecule has 0 aliphatic carbocycles. The van der Waals surface area contributed by atoms with Gasteiger partial charge < -0.3 is 5.32 Å². The van der Waals surface area contributed by atoms with Crippen LogP contribution in [-0.2, 0) is 14.8 Å². The second kappa shape index (κ2) is 8.79. The minimum atomic E-state index is -4.71. The number of hydrogen-bond donors (Lipinski definition) is 1. The highest BCUT2D eigenvalue weighted by Gasteiger charge is 2.35. The van der Waals surface area contributed by atoms with Crippen molar-refractivity contribution in [2.24, 2.45) is 0 Å². The zero-order chi connectivity index (χ0) is 21.8. The van der Waals surface area contributed by atoms with Crippen LogP contribution in [0.4, 0.5) is 18.9 Å². The Balaban J connectivity index is 2.23. The summed E-state index contributed by atoms with van der Waals surface area (Å²) in [4.78, 5) is 12.1. The van der Waals surface area contributed by atoms with E-state index in [4.69, 9.17) is 0 Å². The fraction of sp³-hybridized carbons (Fsp3) is 0.250. The van der Waals surface area contributed by atoms with Crippen molar-refractivity contribution in [1.82, 2.24) is 4.31 Å². The molecule has 0 heterocycles. The van der Waals surface area contributed by atoms with E-state index in [0.717, 1.165) is 0 Å². The van der Waals surface area contributed by atoms with Crippen LogP contribution in [0.1, 0.15) is 19.4 Å². The summed E-state index contributed by atoms with van der Waals surface area (Å²) in [5, 5.41) is 2.32. The van der Waals surface area contributed by atoms with Crippen LogP contribution in [-0.4, -0.2) is 37.9 Å². The highest BCUT2D eigenvalue weighted by atomic mass is 32.2. The second-order valence-electron chi connectivity index (χ2n) is 6.55. The van der Waals surface area contributed by atoms with Gasteiger partial charge in [-0.1, -0.05) is 30.3 Å². The van der Waals surface area contributed by atoms with Gasteiger partial charge in [-0.3, -0.25) is 4.79 Å². The summed E-state index contributed by atoms with van der Waals surface area (Å²) in [5.74, 6) is -0.976. The molecule has 0 unspecified atom stereocenters. The second-order valence-corrected chi connectivity index (χ2v) is 8.55. The largest absolute Gasteiger partial charge is 0.417 e. The molecule has 5 nitrogen and oxygen atoms in total. The Morgan fingerprint density at radius 2 is 1.59 bits per heavy atom.